The Morgan fingerprint density at radius 3 is 2.04 bits per heavy atom. The van der Waals surface area contributed by atoms with Crippen LogP contribution >= 0.6 is 0 Å². The second kappa shape index (κ2) is 10.8. The van der Waals surface area contributed by atoms with E-state index in [0.717, 1.165) is 62.7 Å². The van der Waals surface area contributed by atoms with Crippen molar-refractivity contribution in [3.63, 3.8) is 0 Å². The zero-order valence-electron chi connectivity index (χ0n) is 29.3. The smallest absolute Gasteiger partial charge is 0.135 e. The largest absolute Gasteiger partial charge is 0.456 e. The monoisotopic (exact) mass is 671 g/mol. The molecule has 0 amide bonds. The molecule has 252 valence electrons. The summed E-state index contributed by atoms with van der Waals surface area (Å²) in [6, 6.07) is 47.3. The minimum absolute atomic E-state index is 0.299. The summed E-state index contributed by atoms with van der Waals surface area (Å²) >= 11 is 0. The van der Waals surface area contributed by atoms with Crippen molar-refractivity contribution in [1.29, 1.82) is 0 Å². The van der Waals surface area contributed by atoms with E-state index >= 15 is 0 Å². The number of nitrogens with zero attached hydrogens (tertiary/aromatic N) is 1. The van der Waals surface area contributed by atoms with E-state index in [-0.39, 0.29) is 0 Å². The molecule has 1 spiro atoms. The molecule has 6 aliphatic rings. The molecule has 2 unspecified atom stereocenters. The van der Waals surface area contributed by atoms with Gasteiger partial charge in [0.25, 0.3) is 0 Å². The SMILES string of the molecule is C1=CC2c3ccc(-c4ccc(N(c5ccc6ccccc6c5)c5ccc6oc7ccccc7c6c5)cc4)cc3C3(C4CC5CC(C4)CC3C5)C2C=C1. The third kappa shape index (κ3) is 4.07. The van der Waals surface area contributed by atoms with Crippen LogP contribution in [0.2, 0.25) is 0 Å². The summed E-state index contributed by atoms with van der Waals surface area (Å²) in [5.74, 6) is 4.72. The minimum atomic E-state index is 0.299. The van der Waals surface area contributed by atoms with Gasteiger partial charge in [0.2, 0.25) is 0 Å². The van der Waals surface area contributed by atoms with E-state index in [1.54, 1.807) is 11.1 Å². The van der Waals surface area contributed by atoms with Crippen molar-refractivity contribution < 1.29 is 4.42 Å². The van der Waals surface area contributed by atoms with Gasteiger partial charge >= 0.3 is 0 Å². The van der Waals surface area contributed by atoms with Gasteiger partial charge in [-0.25, -0.2) is 0 Å². The van der Waals surface area contributed by atoms with E-state index in [9.17, 15) is 0 Å². The molecule has 1 heterocycles. The first-order chi connectivity index (χ1) is 25.7. The molecule has 52 heavy (non-hydrogen) atoms. The van der Waals surface area contributed by atoms with Crippen molar-refractivity contribution in [3.8, 4) is 11.1 Å². The molecule has 6 aromatic carbocycles. The lowest BCUT2D eigenvalue weighted by Gasteiger charge is -2.63. The van der Waals surface area contributed by atoms with Gasteiger partial charge in [-0.15, -0.1) is 0 Å². The van der Waals surface area contributed by atoms with Crippen molar-refractivity contribution in [3.05, 3.63) is 163 Å². The Balaban J connectivity index is 0.972. The van der Waals surface area contributed by atoms with E-state index in [0.29, 0.717) is 17.3 Å². The lowest BCUT2D eigenvalue weighted by atomic mass is 9.41. The van der Waals surface area contributed by atoms with Crippen LogP contribution in [0.3, 0.4) is 0 Å². The molecule has 0 saturated heterocycles. The predicted molar refractivity (Wildman–Crippen MR) is 215 cm³/mol. The van der Waals surface area contributed by atoms with Crippen LogP contribution in [0, 0.1) is 29.6 Å². The third-order valence-electron chi connectivity index (χ3n) is 14.1. The standard InChI is InChI=1S/C50H41NO/c1-2-8-35-28-40(19-15-33(35)7-1)51(41-20-22-49-45(30-41)44-10-4-6-12-48(44)52-49)39-17-13-34(14-18-39)36-16-21-43-42-9-3-5-11-46(42)50(47(43)29-36)37-24-31-23-32(26-37)27-38(50)25-31/h1-22,28-32,37-38,42,46H,23-27H2. The molecule has 2 atom stereocenters. The summed E-state index contributed by atoms with van der Waals surface area (Å²) in [5, 5.41) is 4.76. The predicted octanol–water partition coefficient (Wildman–Crippen LogP) is 13.4. The molecule has 2 nitrogen and oxygen atoms in total. The Hall–Kier alpha value is -5.34. The summed E-state index contributed by atoms with van der Waals surface area (Å²) in [5.41, 5.74) is 11.5. The zero-order valence-corrected chi connectivity index (χ0v) is 29.3. The molecular weight excluding hydrogens is 631 g/mol. The van der Waals surface area contributed by atoms with E-state index < -0.39 is 0 Å². The van der Waals surface area contributed by atoms with Crippen molar-refractivity contribution in [2.75, 3.05) is 4.90 Å². The summed E-state index contributed by atoms with van der Waals surface area (Å²) in [6.07, 6.45) is 17.0. The van der Waals surface area contributed by atoms with Gasteiger partial charge in [0.1, 0.15) is 11.2 Å². The van der Waals surface area contributed by atoms with Crippen LogP contribution < -0.4 is 4.90 Å². The molecule has 0 N–H and O–H groups in total. The van der Waals surface area contributed by atoms with Gasteiger partial charge in [0.15, 0.2) is 0 Å². The number of benzene rings is 6. The molecule has 0 radical (unpaired) electrons. The number of hydrogen-bond acceptors (Lipinski definition) is 2. The Kier molecular flexibility index (Phi) is 6.10. The second-order valence-electron chi connectivity index (χ2n) is 16.6. The number of hydrogen-bond donors (Lipinski definition) is 0. The Morgan fingerprint density at radius 2 is 1.19 bits per heavy atom. The van der Waals surface area contributed by atoms with Crippen LogP contribution in [0.15, 0.2) is 156 Å². The molecule has 13 rings (SSSR count). The second-order valence-corrected chi connectivity index (χ2v) is 16.6. The van der Waals surface area contributed by atoms with Gasteiger partial charge < -0.3 is 9.32 Å². The average Bonchev–Trinajstić information content (AvgIpc) is 3.70. The van der Waals surface area contributed by atoms with Gasteiger partial charge in [-0.05, 0) is 143 Å². The Labute approximate surface area is 305 Å². The summed E-state index contributed by atoms with van der Waals surface area (Å²) < 4.78 is 6.23. The highest BCUT2D eigenvalue weighted by molar-refractivity contribution is 6.06. The fraction of sp³-hybridized carbons (Fsp3) is 0.240. The fourth-order valence-corrected chi connectivity index (χ4v) is 12.3. The normalized spacial score (nSPS) is 27.9. The molecule has 1 aromatic heterocycles. The van der Waals surface area contributed by atoms with Crippen LogP contribution in [0.5, 0.6) is 0 Å². The maximum Gasteiger partial charge on any atom is 0.135 e. The van der Waals surface area contributed by atoms with Gasteiger partial charge in [0.05, 0.1) is 0 Å². The van der Waals surface area contributed by atoms with Crippen LogP contribution in [0.1, 0.15) is 49.1 Å². The van der Waals surface area contributed by atoms with Gasteiger partial charge in [-0.3, -0.25) is 0 Å². The minimum Gasteiger partial charge on any atom is -0.456 e. The van der Waals surface area contributed by atoms with E-state index in [4.69, 9.17) is 4.42 Å². The maximum absolute atomic E-state index is 6.23. The van der Waals surface area contributed by atoms with Crippen LogP contribution in [-0.4, -0.2) is 0 Å². The van der Waals surface area contributed by atoms with Crippen LogP contribution in [0.25, 0.3) is 43.8 Å². The molecule has 6 aliphatic carbocycles. The Bertz CT molecular complexity index is 2590. The fourth-order valence-electron chi connectivity index (χ4n) is 12.3. The molecule has 2 heteroatoms. The number of anilines is 3. The van der Waals surface area contributed by atoms with Gasteiger partial charge in [-0.1, -0.05) is 103 Å². The van der Waals surface area contributed by atoms with E-state index in [2.05, 4.69) is 151 Å². The number of para-hydroxylation sites is 1. The van der Waals surface area contributed by atoms with E-state index in [1.807, 2.05) is 6.07 Å². The molecule has 4 fully saturated rings. The highest BCUT2D eigenvalue weighted by Gasteiger charge is 2.64. The summed E-state index contributed by atoms with van der Waals surface area (Å²) in [6.45, 7) is 0. The van der Waals surface area contributed by atoms with Crippen molar-refractivity contribution in [2.45, 2.75) is 43.4 Å². The molecule has 0 aliphatic heterocycles. The highest BCUT2D eigenvalue weighted by atomic mass is 16.3. The highest BCUT2D eigenvalue weighted by Crippen LogP contribution is 2.71. The molecule has 4 bridgehead atoms. The quantitative estimate of drug-likeness (QED) is 0.185. The number of fused-ring (bicyclic) bond motifs is 7. The van der Waals surface area contributed by atoms with Gasteiger partial charge in [-0.2, -0.15) is 0 Å². The molecular formula is C50H41NO. The van der Waals surface area contributed by atoms with Crippen LogP contribution in [0.4, 0.5) is 17.1 Å². The maximum atomic E-state index is 6.23. The average molecular weight is 672 g/mol. The first kappa shape index (κ1) is 29.3. The summed E-state index contributed by atoms with van der Waals surface area (Å²) in [4.78, 5) is 2.40. The van der Waals surface area contributed by atoms with Crippen LogP contribution in [-0.2, 0) is 5.41 Å². The Morgan fingerprint density at radius 1 is 0.519 bits per heavy atom. The van der Waals surface area contributed by atoms with Gasteiger partial charge in [0, 0.05) is 39.2 Å². The van der Waals surface area contributed by atoms with Crippen molar-refractivity contribution in [1.82, 2.24) is 0 Å². The van der Waals surface area contributed by atoms with E-state index in [1.165, 1.54) is 54.0 Å². The first-order valence-electron chi connectivity index (χ1n) is 19.5. The molecule has 4 saturated carbocycles. The first-order valence-corrected chi connectivity index (χ1v) is 19.5. The van der Waals surface area contributed by atoms with Crippen molar-refractivity contribution in [2.24, 2.45) is 29.6 Å². The molecule has 7 aromatic rings. The number of rotatable bonds is 4. The number of allylic oxidation sites excluding steroid dienone is 4. The summed E-state index contributed by atoms with van der Waals surface area (Å²) in [7, 11) is 0. The topological polar surface area (TPSA) is 16.4 Å². The lowest BCUT2D eigenvalue weighted by molar-refractivity contribution is -0.0761. The zero-order chi connectivity index (χ0) is 34.0. The van der Waals surface area contributed by atoms with Crippen molar-refractivity contribution >= 4 is 49.8 Å². The lowest BCUT2D eigenvalue weighted by Crippen LogP contribution is -2.57. The third-order valence-corrected chi connectivity index (χ3v) is 14.1. The number of furan rings is 1.